The zero-order valence-corrected chi connectivity index (χ0v) is 8.17. The van der Waals surface area contributed by atoms with Crippen molar-refractivity contribution in [3.05, 3.63) is 23.3 Å². The van der Waals surface area contributed by atoms with Crippen molar-refractivity contribution in [1.82, 2.24) is 15.3 Å². The Morgan fingerprint density at radius 2 is 2.00 bits per heavy atom. The third kappa shape index (κ3) is 1.86. The zero-order valence-electron chi connectivity index (χ0n) is 8.17. The standard InChI is InChI=1S/C10H15N3/c1-7-5-8(2)13-10(12-7)9-3-4-11-6-9/h5,9,11H,3-4,6H2,1-2H3. The van der Waals surface area contributed by atoms with E-state index in [1.54, 1.807) is 0 Å². The lowest BCUT2D eigenvalue weighted by atomic mass is 10.1. The van der Waals surface area contributed by atoms with E-state index in [9.17, 15) is 0 Å². The van der Waals surface area contributed by atoms with Crippen LogP contribution in [0.15, 0.2) is 6.07 Å². The number of nitrogens with one attached hydrogen (secondary N) is 1. The average Bonchev–Trinajstić information content (AvgIpc) is 2.53. The zero-order chi connectivity index (χ0) is 9.26. The highest BCUT2D eigenvalue weighted by atomic mass is 15.0. The molecule has 1 atom stereocenters. The third-order valence-corrected chi connectivity index (χ3v) is 2.43. The van der Waals surface area contributed by atoms with Gasteiger partial charge in [0.2, 0.25) is 0 Å². The summed E-state index contributed by atoms with van der Waals surface area (Å²) in [7, 11) is 0. The highest BCUT2D eigenvalue weighted by molar-refractivity contribution is 5.12. The fourth-order valence-corrected chi connectivity index (χ4v) is 1.81. The van der Waals surface area contributed by atoms with Crippen LogP contribution in [0, 0.1) is 13.8 Å². The Bertz CT molecular complexity index is 283. The Kier molecular flexibility index (Phi) is 2.27. The molecule has 1 aromatic rings. The first-order valence-corrected chi connectivity index (χ1v) is 4.78. The van der Waals surface area contributed by atoms with Crippen molar-refractivity contribution < 1.29 is 0 Å². The molecule has 0 amide bonds. The van der Waals surface area contributed by atoms with E-state index in [1.165, 1.54) is 6.42 Å². The second-order valence-corrected chi connectivity index (χ2v) is 3.70. The molecule has 3 nitrogen and oxygen atoms in total. The lowest BCUT2D eigenvalue weighted by Gasteiger charge is -2.08. The summed E-state index contributed by atoms with van der Waals surface area (Å²) in [5.74, 6) is 1.54. The predicted octanol–water partition coefficient (Wildman–Crippen LogP) is 1.17. The molecule has 2 rings (SSSR count). The number of hydrogen-bond donors (Lipinski definition) is 1. The van der Waals surface area contributed by atoms with E-state index >= 15 is 0 Å². The SMILES string of the molecule is Cc1cc(C)nc(C2CCNC2)n1. The Morgan fingerprint density at radius 3 is 2.54 bits per heavy atom. The van der Waals surface area contributed by atoms with Crippen LogP contribution >= 0.6 is 0 Å². The van der Waals surface area contributed by atoms with E-state index in [4.69, 9.17) is 0 Å². The van der Waals surface area contributed by atoms with Gasteiger partial charge in [0, 0.05) is 23.9 Å². The van der Waals surface area contributed by atoms with Crippen molar-refractivity contribution in [3.63, 3.8) is 0 Å². The summed E-state index contributed by atoms with van der Waals surface area (Å²) in [6, 6.07) is 2.02. The minimum absolute atomic E-state index is 0.526. The molecule has 3 heteroatoms. The fourth-order valence-electron chi connectivity index (χ4n) is 1.81. The van der Waals surface area contributed by atoms with Crippen molar-refractivity contribution in [3.8, 4) is 0 Å². The lowest BCUT2D eigenvalue weighted by Crippen LogP contribution is -2.11. The molecule has 1 aliphatic rings. The molecule has 1 unspecified atom stereocenters. The van der Waals surface area contributed by atoms with Crippen molar-refractivity contribution in [2.24, 2.45) is 0 Å². The maximum atomic E-state index is 4.46. The minimum Gasteiger partial charge on any atom is -0.316 e. The minimum atomic E-state index is 0.526. The van der Waals surface area contributed by atoms with E-state index in [1.807, 2.05) is 19.9 Å². The third-order valence-electron chi connectivity index (χ3n) is 2.43. The molecule has 0 saturated carbocycles. The van der Waals surface area contributed by atoms with Crippen molar-refractivity contribution in [2.75, 3.05) is 13.1 Å². The number of nitrogens with zero attached hydrogens (tertiary/aromatic N) is 2. The number of hydrogen-bond acceptors (Lipinski definition) is 3. The van der Waals surface area contributed by atoms with Crippen LogP contribution in [0.1, 0.15) is 29.6 Å². The predicted molar refractivity (Wildman–Crippen MR) is 51.7 cm³/mol. The molecule has 1 N–H and O–H groups in total. The summed E-state index contributed by atoms with van der Waals surface area (Å²) >= 11 is 0. The Morgan fingerprint density at radius 1 is 1.31 bits per heavy atom. The quantitative estimate of drug-likeness (QED) is 0.699. The first kappa shape index (κ1) is 8.63. The Hall–Kier alpha value is -0.960. The summed E-state index contributed by atoms with van der Waals surface area (Å²) in [5.41, 5.74) is 2.16. The first-order valence-electron chi connectivity index (χ1n) is 4.78. The fraction of sp³-hybridized carbons (Fsp3) is 0.600. The van der Waals surface area contributed by atoms with Gasteiger partial charge in [-0.3, -0.25) is 0 Å². The number of aryl methyl sites for hydroxylation is 2. The summed E-state index contributed by atoms with van der Waals surface area (Å²) in [5, 5.41) is 3.33. The summed E-state index contributed by atoms with van der Waals surface area (Å²) < 4.78 is 0. The van der Waals surface area contributed by atoms with Crippen molar-refractivity contribution in [1.29, 1.82) is 0 Å². The molecule has 1 fully saturated rings. The molecule has 1 aromatic heterocycles. The number of rotatable bonds is 1. The van der Waals surface area contributed by atoms with Gasteiger partial charge in [-0.05, 0) is 32.9 Å². The molecular formula is C10H15N3. The van der Waals surface area contributed by atoms with E-state index in [2.05, 4.69) is 15.3 Å². The van der Waals surface area contributed by atoms with E-state index in [-0.39, 0.29) is 0 Å². The highest BCUT2D eigenvalue weighted by Crippen LogP contribution is 2.18. The van der Waals surface area contributed by atoms with E-state index in [0.29, 0.717) is 5.92 Å². The van der Waals surface area contributed by atoms with Crippen LogP contribution in [0.4, 0.5) is 0 Å². The van der Waals surface area contributed by atoms with Gasteiger partial charge < -0.3 is 5.32 Å². The molecule has 1 aliphatic heterocycles. The van der Waals surface area contributed by atoms with Gasteiger partial charge >= 0.3 is 0 Å². The van der Waals surface area contributed by atoms with Gasteiger partial charge in [-0.1, -0.05) is 0 Å². The summed E-state index contributed by atoms with van der Waals surface area (Å²) in [4.78, 5) is 8.93. The average molecular weight is 177 g/mol. The first-order chi connectivity index (χ1) is 6.25. The maximum Gasteiger partial charge on any atom is 0.133 e. The van der Waals surface area contributed by atoms with Crippen LogP contribution in [0.25, 0.3) is 0 Å². The van der Waals surface area contributed by atoms with E-state index in [0.717, 1.165) is 30.3 Å². The summed E-state index contributed by atoms with van der Waals surface area (Å²) in [6.45, 7) is 6.19. The molecule has 0 radical (unpaired) electrons. The maximum absolute atomic E-state index is 4.46. The second-order valence-electron chi connectivity index (χ2n) is 3.70. The van der Waals surface area contributed by atoms with Crippen molar-refractivity contribution in [2.45, 2.75) is 26.2 Å². The Balaban J connectivity index is 2.28. The van der Waals surface area contributed by atoms with Gasteiger partial charge in [0.15, 0.2) is 0 Å². The second kappa shape index (κ2) is 3.42. The van der Waals surface area contributed by atoms with Gasteiger partial charge in [0.05, 0.1) is 0 Å². The molecule has 0 aliphatic carbocycles. The van der Waals surface area contributed by atoms with Gasteiger partial charge in [0.25, 0.3) is 0 Å². The van der Waals surface area contributed by atoms with Gasteiger partial charge in [-0.15, -0.1) is 0 Å². The van der Waals surface area contributed by atoms with Crippen LogP contribution < -0.4 is 5.32 Å². The normalized spacial score (nSPS) is 22.2. The topological polar surface area (TPSA) is 37.8 Å². The molecule has 2 heterocycles. The van der Waals surface area contributed by atoms with Crippen LogP contribution in [-0.2, 0) is 0 Å². The highest BCUT2D eigenvalue weighted by Gasteiger charge is 2.19. The smallest absolute Gasteiger partial charge is 0.133 e. The number of aromatic nitrogens is 2. The lowest BCUT2D eigenvalue weighted by molar-refractivity contribution is 0.692. The van der Waals surface area contributed by atoms with Crippen molar-refractivity contribution >= 4 is 0 Å². The van der Waals surface area contributed by atoms with Crippen LogP contribution in [-0.4, -0.2) is 23.1 Å². The Labute approximate surface area is 78.6 Å². The molecule has 0 spiro atoms. The van der Waals surface area contributed by atoms with Gasteiger partial charge in [-0.2, -0.15) is 0 Å². The largest absolute Gasteiger partial charge is 0.316 e. The van der Waals surface area contributed by atoms with Gasteiger partial charge in [-0.25, -0.2) is 9.97 Å². The van der Waals surface area contributed by atoms with Crippen LogP contribution in [0.3, 0.4) is 0 Å². The van der Waals surface area contributed by atoms with Crippen LogP contribution in [0.2, 0.25) is 0 Å². The molecular weight excluding hydrogens is 162 g/mol. The van der Waals surface area contributed by atoms with E-state index < -0.39 is 0 Å². The molecule has 0 bridgehead atoms. The van der Waals surface area contributed by atoms with Crippen LogP contribution in [0.5, 0.6) is 0 Å². The molecule has 0 aromatic carbocycles. The summed E-state index contributed by atoms with van der Waals surface area (Å²) in [6.07, 6.45) is 1.17. The molecule has 70 valence electrons. The molecule has 13 heavy (non-hydrogen) atoms. The van der Waals surface area contributed by atoms with Gasteiger partial charge in [0.1, 0.15) is 5.82 Å². The molecule has 1 saturated heterocycles. The monoisotopic (exact) mass is 177 g/mol.